The lowest BCUT2D eigenvalue weighted by molar-refractivity contribution is 0.166. The topological polar surface area (TPSA) is 15.3 Å². The molecule has 0 aliphatic carbocycles. The van der Waals surface area contributed by atoms with Crippen LogP contribution in [0.15, 0.2) is 55.1 Å². The van der Waals surface area contributed by atoms with Gasteiger partial charge in [-0.3, -0.25) is 4.90 Å². The highest BCUT2D eigenvalue weighted by Gasteiger charge is 2.21. The van der Waals surface area contributed by atoms with Crippen molar-refractivity contribution in [3.63, 3.8) is 0 Å². The first-order valence-corrected chi connectivity index (χ1v) is 7.93. The fourth-order valence-corrected chi connectivity index (χ4v) is 3.24. The Bertz CT molecular complexity index is 599. The van der Waals surface area contributed by atoms with Crippen molar-refractivity contribution in [1.82, 2.24) is 10.2 Å². The third-order valence-corrected chi connectivity index (χ3v) is 4.39. The summed E-state index contributed by atoms with van der Waals surface area (Å²) in [4.78, 5) is 2.62. The van der Waals surface area contributed by atoms with Crippen LogP contribution in [-0.2, 0) is 0 Å². The second-order valence-electron chi connectivity index (χ2n) is 5.77. The van der Waals surface area contributed by atoms with Gasteiger partial charge in [-0.25, -0.2) is 0 Å². The molecule has 0 bridgehead atoms. The second-order valence-corrected chi connectivity index (χ2v) is 5.77. The molecule has 0 saturated carbocycles. The van der Waals surface area contributed by atoms with Gasteiger partial charge in [0.2, 0.25) is 0 Å². The van der Waals surface area contributed by atoms with Gasteiger partial charge in [-0.1, -0.05) is 42.5 Å². The van der Waals surface area contributed by atoms with Crippen LogP contribution in [0.1, 0.15) is 24.4 Å². The van der Waals surface area contributed by atoms with Gasteiger partial charge in [-0.15, -0.1) is 6.58 Å². The average molecular weight is 280 g/mol. The van der Waals surface area contributed by atoms with Crippen molar-refractivity contribution in [2.45, 2.75) is 18.9 Å². The van der Waals surface area contributed by atoms with E-state index < -0.39 is 0 Å². The molecule has 0 unspecified atom stereocenters. The van der Waals surface area contributed by atoms with Crippen LogP contribution in [0.4, 0.5) is 0 Å². The van der Waals surface area contributed by atoms with E-state index in [1.54, 1.807) is 0 Å². The fourth-order valence-electron chi connectivity index (χ4n) is 3.24. The summed E-state index contributed by atoms with van der Waals surface area (Å²) in [5.41, 5.74) is 1.44. The summed E-state index contributed by atoms with van der Waals surface area (Å²) >= 11 is 0. The van der Waals surface area contributed by atoms with Crippen molar-refractivity contribution in [1.29, 1.82) is 0 Å². The second kappa shape index (κ2) is 6.88. The van der Waals surface area contributed by atoms with Gasteiger partial charge in [0.05, 0.1) is 0 Å². The molecule has 0 radical (unpaired) electrons. The highest BCUT2D eigenvalue weighted by molar-refractivity contribution is 5.83. The van der Waals surface area contributed by atoms with E-state index in [1.165, 1.54) is 16.3 Å². The monoisotopic (exact) mass is 280 g/mol. The molecule has 1 N–H and O–H groups in total. The van der Waals surface area contributed by atoms with E-state index in [9.17, 15) is 0 Å². The van der Waals surface area contributed by atoms with Crippen molar-refractivity contribution in [3.05, 3.63) is 60.7 Å². The number of benzene rings is 2. The third-order valence-electron chi connectivity index (χ3n) is 4.39. The molecule has 21 heavy (non-hydrogen) atoms. The molecular weight excluding hydrogens is 256 g/mol. The number of hydrogen-bond donors (Lipinski definition) is 1. The molecule has 3 rings (SSSR count). The van der Waals surface area contributed by atoms with Crippen molar-refractivity contribution in [2.75, 3.05) is 26.2 Å². The number of allylic oxidation sites excluding steroid dienone is 1. The quantitative estimate of drug-likeness (QED) is 0.839. The van der Waals surface area contributed by atoms with Gasteiger partial charge < -0.3 is 5.32 Å². The molecule has 1 saturated heterocycles. The van der Waals surface area contributed by atoms with Crippen LogP contribution in [0.5, 0.6) is 0 Å². The molecule has 2 nitrogen and oxygen atoms in total. The number of nitrogens with one attached hydrogen (secondary N) is 1. The molecular formula is C19H24N2. The Kier molecular flexibility index (Phi) is 4.69. The molecule has 0 amide bonds. The minimum atomic E-state index is 0.509. The van der Waals surface area contributed by atoms with E-state index in [4.69, 9.17) is 0 Å². The number of piperazine rings is 1. The number of fused-ring (bicyclic) bond motifs is 1. The lowest BCUT2D eigenvalue weighted by atomic mass is 9.96. The Hall–Kier alpha value is -1.64. The molecule has 1 aliphatic rings. The zero-order chi connectivity index (χ0) is 14.5. The smallest absolute Gasteiger partial charge is 0.0352 e. The summed E-state index contributed by atoms with van der Waals surface area (Å²) in [6.07, 6.45) is 4.26. The summed E-state index contributed by atoms with van der Waals surface area (Å²) in [6.45, 7) is 8.35. The molecule has 0 aromatic heterocycles. The van der Waals surface area contributed by atoms with Crippen LogP contribution in [0, 0.1) is 0 Å². The predicted octanol–water partition coefficient (Wildman–Crippen LogP) is 3.75. The Balaban J connectivity index is 1.90. The van der Waals surface area contributed by atoms with Crippen LogP contribution < -0.4 is 5.32 Å². The van der Waals surface area contributed by atoms with E-state index in [2.05, 4.69) is 59.3 Å². The Morgan fingerprint density at radius 1 is 1.10 bits per heavy atom. The van der Waals surface area contributed by atoms with Crippen LogP contribution in [-0.4, -0.2) is 31.1 Å². The van der Waals surface area contributed by atoms with E-state index >= 15 is 0 Å². The van der Waals surface area contributed by atoms with E-state index in [1.807, 2.05) is 6.08 Å². The summed E-state index contributed by atoms with van der Waals surface area (Å²) in [7, 11) is 0. The predicted molar refractivity (Wildman–Crippen MR) is 90.6 cm³/mol. The third kappa shape index (κ3) is 3.34. The van der Waals surface area contributed by atoms with Crippen LogP contribution in [0.3, 0.4) is 0 Å². The van der Waals surface area contributed by atoms with E-state index in [0.29, 0.717) is 6.04 Å². The van der Waals surface area contributed by atoms with Gasteiger partial charge >= 0.3 is 0 Å². The van der Waals surface area contributed by atoms with Crippen molar-refractivity contribution >= 4 is 10.8 Å². The normalized spacial score (nSPS) is 17.7. The molecule has 0 spiro atoms. The fraction of sp³-hybridized carbons (Fsp3) is 0.368. The van der Waals surface area contributed by atoms with Crippen LogP contribution in [0.25, 0.3) is 10.8 Å². The molecule has 2 heteroatoms. The summed E-state index contributed by atoms with van der Waals surface area (Å²) in [6, 6.07) is 16.1. The summed E-state index contributed by atoms with van der Waals surface area (Å²) < 4.78 is 0. The number of hydrogen-bond acceptors (Lipinski definition) is 2. The van der Waals surface area contributed by atoms with Crippen molar-refractivity contribution in [3.8, 4) is 0 Å². The van der Waals surface area contributed by atoms with Crippen LogP contribution in [0.2, 0.25) is 0 Å². The molecule has 1 aliphatic heterocycles. The first-order valence-electron chi connectivity index (χ1n) is 7.93. The zero-order valence-corrected chi connectivity index (χ0v) is 12.6. The Morgan fingerprint density at radius 3 is 2.62 bits per heavy atom. The number of nitrogens with zero attached hydrogens (tertiary/aromatic N) is 1. The SMILES string of the molecule is C=CCC[C@H](c1ccc2ccccc2c1)N1CCNCC1. The summed E-state index contributed by atoms with van der Waals surface area (Å²) in [5, 5.41) is 6.11. The largest absolute Gasteiger partial charge is 0.314 e. The molecule has 110 valence electrons. The van der Waals surface area contributed by atoms with Gasteiger partial charge in [0.25, 0.3) is 0 Å². The molecule has 1 fully saturated rings. The van der Waals surface area contributed by atoms with Gasteiger partial charge in [-0.2, -0.15) is 0 Å². The maximum absolute atomic E-state index is 3.89. The highest BCUT2D eigenvalue weighted by atomic mass is 15.2. The van der Waals surface area contributed by atoms with Gasteiger partial charge in [-0.05, 0) is 35.2 Å². The standard InChI is InChI=1S/C19H24N2/c1-2-3-8-19(21-13-11-20-12-14-21)18-10-9-16-6-4-5-7-17(16)15-18/h2,4-7,9-10,15,19-20H,1,3,8,11-14H2/t19-/m1/s1. The van der Waals surface area contributed by atoms with E-state index in [-0.39, 0.29) is 0 Å². The molecule has 1 atom stereocenters. The molecule has 2 aromatic rings. The minimum Gasteiger partial charge on any atom is -0.314 e. The number of rotatable bonds is 5. The van der Waals surface area contributed by atoms with Gasteiger partial charge in [0, 0.05) is 32.2 Å². The first kappa shape index (κ1) is 14.3. The Morgan fingerprint density at radius 2 is 1.86 bits per heavy atom. The lowest BCUT2D eigenvalue weighted by Crippen LogP contribution is -2.45. The zero-order valence-electron chi connectivity index (χ0n) is 12.6. The minimum absolute atomic E-state index is 0.509. The average Bonchev–Trinajstić information content (AvgIpc) is 2.56. The Labute approximate surface area is 127 Å². The van der Waals surface area contributed by atoms with E-state index in [0.717, 1.165) is 39.0 Å². The first-order chi connectivity index (χ1) is 10.4. The van der Waals surface area contributed by atoms with Crippen LogP contribution >= 0.6 is 0 Å². The maximum Gasteiger partial charge on any atom is 0.0352 e. The summed E-state index contributed by atoms with van der Waals surface area (Å²) in [5.74, 6) is 0. The van der Waals surface area contributed by atoms with Crippen molar-refractivity contribution in [2.24, 2.45) is 0 Å². The van der Waals surface area contributed by atoms with Gasteiger partial charge in [0.15, 0.2) is 0 Å². The molecule has 2 aromatic carbocycles. The maximum atomic E-state index is 3.89. The highest BCUT2D eigenvalue weighted by Crippen LogP contribution is 2.28. The molecule has 1 heterocycles. The van der Waals surface area contributed by atoms with Gasteiger partial charge in [0.1, 0.15) is 0 Å². The lowest BCUT2D eigenvalue weighted by Gasteiger charge is -2.35. The van der Waals surface area contributed by atoms with Crippen molar-refractivity contribution < 1.29 is 0 Å².